The van der Waals surface area contributed by atoms with Crippen molar-refractivity contribution in [1.82, 2.24) is 5.43 Å². The number of nitrogens with zero attached hydrogens (tertiary/aromatic N) is 1. The monoisotopic (exact) mass is 342 g/mol. The molecule has 0 aliphatic carbocycles. The van der Waals surface area contributed by atoms with Crippen LogP contribution in [0.3, 0.4) is 0 Å². The summed E-state index contributed by atoms with van der Waals surface area (Å²) in [6, 6.07) is 9.22. The molecule has 0 saturated heterocycles. The standard InChI is InChI=1S/C14H9Cl3N2O2/c15-10-3-1-8(2-4-10)14(21)19-18-7-9-5-11(16)6-12(17)13(9)20/h1-7,20H,(H,19,21)/b18-7+. The molecule has 4 nitrogen and oxygen atoms in total. The molecule has 7 heteroatoms. The van der Waals surface area contributed by atoms with Crippen molar-refractivity contribution in [2.75, 3.05) is 0 Å². The van der Waals surface area contributed by atoms with Gasteiger partial charge in [0, 0.05) is 21.2 Å². The Morgan fingerprint density at radius 1 is 1.10 bits per heavy atom. The summed E-state index contributed by atoms with van der Waals surface area (Å²) in [7, 11) is 0. The van der Waals surface area contributed by atoms with Gasteiger partial charge in [-0.3, -0.25) is 4.79 Å². The summed E-state index contributed by atoms with van der Waals surface area (Å²) in [5, 5.41) is 14.5. The van der Waals surface area contributed by atoms with E-state index in [9.17, 15) is 9.90 Å². The van der Waals surface area contributed by atoms with Crippen LogP contribution in [0, 0.1) is 0 Å². The van der Waals surface area contributed by atoms with Crippen molar-refractivity contribution in [3.05, 3.63) is 62.6 Å². The zero-order valence-corrected chi connectivity index (χ0v) is 12.7. The van der Waals surface area contributed by atoms with E-state index in [-0.39, 0.29) is 10.8 Å². The topological polar surface area (TPSA) is 61.7 Å². The van der Waals surface area contributed by atoms with Crippen LogP contribution < -0.4 is 5.43 Å². The fourth-order valence-corrected chi connectivity index (χ4v) is 2.15. The number of hydrogen-bond donors (Lipinski definition) is 2. The molecule has 0 aliphatic heterocycles. The minimum atomic E-state index is -0.407. The van der Waals surface area contributed by atoms with Crippen LogP contribution in [0.15, 0.2) is 41.5 Å². The predicted octanol–water partition coefficient (Wildman–Crippen LogP) is 4.12. The number of hydrazone groups is 1. The third kappa shape index (κ3) is 4.11. The molecule has 108 valence electrons. The van der Waals surface area contributed by atoms with E-state index in [0.29, 0.717) is 21.2 Å². The summed E-state index contributed by atoms with van der Waals surface area (Å²) in [6.45, 7) is 0. The molecule has 21 heavy (non-hydrogen) atoms. The summed E-state index contributed by atoms with van der Waals surface area (Å²) in [5.41, 5.74) is 3.03. The lowest BCUT2D eigenvalue weighted by atomic mass is 10.2. The van der Waals surface area contributed by atoms with Crippen molar-refractivity contribution in [2.24, 2.45) is 5.10 Å². The number of halogens is 3. The number of amides is 1. The van der Waals surface area contributed by atoms with Crippen LogP contribution in [0.1, 0.15) is 15.9 Å². The van der Waals surface area contributed by atoms with E-state index >= 15 is 0 Å². The van der Waals surface area contributed by atoms with E-state index < -0.39 is 5.91 Å². The van der Waals surface area contributed by atoms with E-state index in [0.717, 1.165) is 0 Å². The zero-order chi connectivity index (χ0) is 15.4. The molecule has 2 aromatic carbocycles. The first-order chi connectivity index (χ1) is 9.97. The highest BCUT2D eigenvalue weighted by Crippen LogP contribution is 2.29. The largest absolute Gasteiger partial charge is 0.506 e. The van der Waals surface area contributed by atoms with Crippen LogP contribution in [0.2, 0.25) is 15.1 Å². The molecular weight excluding hydrogens is 335 g/mol. The summed E-state index contributed by atoms with van der Waals surface area (Å²) in [6.07, 6.45) is 1.25. The van der Waals surface area contributed by atoms with Crippen LogP contribution >= 0.6 is 34.8 Å². The lowest BCUT2D eigenvalue weighted by molar-refractivity contribution is 0.0955. The van der Waals surface area contributed by atoms with Crippen molar-refractivity contribution < 1.29 is 9.90 Å². The Labute approximate surface area is 135 Å². The summed E-state index contributed by atoms with van der Waals surface area (Å²) in [5.74, 6) is -0.568. The maximum absolute atomic E-state index is 11.8. The molecule has 2 rings (SSSR count). The molecule has 0 radical (unpaired) electrons. The number of hydrogen-bond acceptors (Lipinski definition) is 3. The minimum absolute atomic E-state index is 0.105. The molecular formula is C14H9Cl3N2O2. The first-order valence-electron chi connectivity index (χ1n) is 5.74. The van der Waals surface area contributed by atoms with Crippen molar-refractivity contribution in [2.45, 2.75) is 0 Å². The molecule has 0 spiro atoms. The van der Waals surface area contributed by atoms with Crippen LogP contribution in [0.5, 0.6) is 5.75 Å². The summed E-state index contributed by atoms with van der Waals surface area (Å²) in [4.78, 5) is 11.8. The first-order valence-corrected chi connectivity index (χ1v) is 6.88. The lowest BCUT2D eigenvalue weighted by Crippen LogP contribution is -2.17. The number of phenolic OH excluding ortho intramolecular Hbond substituents is 1. The van der Waals surface area contributed by atoms with Crippen molar-refractivity contribution in [3.8, 4) is 5.75 Å². The second kappa shape index (κ2) is 6.80. The second-order valence-electron chi connectivity index (χ2n) is 4.03. The number of rotatable bonds is 3. The zero-order valence-electron chi connectivity index (χ0n) is 10.5. The van der Waals surface area contributed by atoms with Crippen molar-refractivity contribution in [1.29, 1.82) is 0 Å². The van der Waals surface area contributed by atoms with Crippen LogP contribution in [0.25, 0.3) is 0 Å². The van der Waals surface area contributed by atoms with E-state index in [4.69, 9.17) is 34.8 Å². The van der Waals surface area contributed by atoms with Gasteiger partial charge in [-0.25, -0.2) is 5.43 Å². The molecule has 0 aromatic heterocycles. The van der Waals surface area contributed by atoms with Gasteiger partial charge in [0.1, 0.15) is 5.75 Å². The highest BCUT2D eigenvalue weighted by atomic mass is 35.5. The molecule has 0 saturated carbocycles. The SMILES string of the molecule is O=C(N/N=C/c1cc(Cl)cc(Cl)c1O)c1ccc(Cl)cc1. The number of nitrogens with one attached hydrogen (secondary N) is 1. The quantitative estimate of drug-likeness (QED) is 0.650. The molecule has 2 N–H and O–H groups in total. The third-order valence-electron chi connectivity index (χ3n) is 2.53. The maximum Gasteiger partial charge on any atom is 0.271 e. The molecule has 0 atom stereocenters. The highest BCUT2D eigenvalue weighted by Gasteiger charge is 2.07. The molecule has 0 aliphatic rings. The summed E-state index contributed by atoms with van der Waals surface area (Å²) < 4.78 is 0. The number of carbonyl (C=O) groups excluding carboxylic acids is 1. The van der Waals surface area contributed by atoms with Crippen LogP contribution in [0.4, 0.5) is 0 Å². The Morgan fingerprint density at radius 3 is 2.43 bits per heavy atom. The molecule has 0 unspecified atom stereocenters. The van der Waals surface area contributed by atoms with E-state index in [2.05, 4.69) is 10.5 Å². The molecule has 1 amide bonds. The Hall–Kier alpha value is -1.75. The average Bonchev–Trinajstić information content (AvgIpc) is 2.44. The molecule has 0 heterocycles. The van der Waals surface area contributed by atoms with E-state index in [1.165, 1.54) is 18.3 Å². The van der Waals surface area contributed by atoms with E-state index in [1.807, 2.05) is 0 Å². The number of carbonyl (C=O) groups is 1. The Balaban J connectivity index is 2.09. The van der Waals surface area contributed by atoms with Gasteiger partial charge < -0.3 is 5.11 Å². The van der Waals surface area contributed by atoms with Gasteiger partial charge in [-0.1, -0.05) is 34.8 Å². The molecule has 0 fully saturated rings. The molecule has 0 bridgehead atoms. The van der Waals surface area contributed by atoms with Gasteiger partial charge in [-0.2, -0.15) is 5.10 Å². The predicted molar refractivity (Wildman–Crippen MR) is 84.6 cm³/mol. The van der Waals surface area contributed by atoms with Crippen LogP contribution in [-0.4, -0.2) is 17.2 Å². The average molecular weight is 344 g/mol. The van der Waals surface area contributed by atoms with Crippen LogP contribution in [-0.2, 0) is 0 Å². The first kappa shape index (κ1) is 15.6. The van der Waals surface area contributed by atoms with E-state index in [1.54, 1.807) is 24.3 Å². The van der Waals surface area contributed by atoms with Gasteiger partial charge in [0.2, 0.25) is 0 Å². The Bertz CT molecular complexity index is 700. The van der Waals surface area contributed by atoms with Gasteiger partial charge >= 0.3 is 0 Å². The Morgan fingerprint density at radius 2 is 1.76 bits per heavy atom. The minimum Gasteiger partial charge on any atom is -0.506 e. The number of benzene rings is 2. The number of phenols is 1. The lowest BCUT2D eigenvalue weighted by Gasteiger charge is -2.03. The highest BCUT2D eigenvalue weighted by molar-refractivity contribution is 6.36. The van der Waals surface area contributed by atoms with Gasteiger partial charge in [-0.15, -0.1) is 0 Å². The van der Waals surface area contributed by atoms with Gasteiger partial charge in [0.15, 0.2) is 0 Å². The van der Waals surface area contributed by atoms with Gasteiger partial charge in [0.05, 0.1) is 11.2 Å². The van der Waals surface area contributed by atoms with Crippen molar-refractivity contribution >= 4 is 46.9 Å². The Kier molecular flexibility index (Phi) is 5.07. The van der Waals surface area contributed by atoms with Gasteiger partial charge in [0.25, 0.3) is 5.91 Å². The fraction of sp³-hybridized carbons (Fsp3) is 0. The normalized spacial score (nSPS) is 10.8. The van der Waals surface area contributed by atoms with Gasteiger partial charge in [-0.05, 0) is 36.4 Å². The third-order valence-corrected chi connectivity index (χ3v) is 3.29. The van der Waals surface area contributed by atoms with Crippen molar-refractivity contribution in [3.63, 3.8) is 0 Å². The fourth-order valence-electron chi connectivity index (χ4n) is 1.51. The second-order valence-corrected chi connectivity index (χ2v) is 5.31. The summed E-state index contributed by atoms with van der Waals surface area (Å²) >= 11 is 17.3. The smallest absolute Gasteiger partial charge is 0.271 e. The molecule has 2 aromatic rings. The maximum atomic E-state index is 11.8. The number of aromatic hydroxyl groups is 1.